The maximum Gasteiger partial charge on any atom is 0.318 e. The monoisotopic (exact) mass is 316 g/mol. The molecule has 5 heteroatoms. The molecular formula is C18H24N2O3. The van der Waals surface area contributed by atoms with Crippen molar-refractivity contribution in [3.63, 3.8) is 0 Å². The number of para-hydroxylation sites is 1. The third kappa shape index (κ3) is 3.85. The zero-order chi connectivity index (χ0) is 16.2. The highest BCUT2D eigenvalue weighted by Gasteiger charge is 2.32. The zero-order valence-electron chi connectivity index (χ0n) is 13.5. The summed E-state index contributed by atoms with van der Waals surface area (Å²) >= 11 is 0. The van der Waals surface area contributed by atoms with E-state index in [0.717, 1.165) is 42.4 Å². The molecule has 1 fully saturated rings. The van der Waals surface area contributed by atoms with E-state index in [2.05, 4.69) is 5.32 Å². The molecular weight excluding hydrogens is 292 g/mol. The molecule has 3 rings (SSSR count). The Labute approximate surface area is 136 Å². The van der Waals surface area contributed by atoms with Gasteiger partial charge in [0.25, 0.3) is 0 Å². The Morgan fingerprint density at radius 1 is 1.39 bits per heavy atom. The maximum atomic E-state index is 12.5. The summed E-state index contributed by atoms with van der Waals surface area (Å²) in [5.74, 6) is 0.769. The summed E-state index contributed by atoms with van der Waals surface area (Å²) in [5.41, 5.74) is 0.839. The lowest BCUT2D eigenvalue weighted by Crippen LogP contribution is -2.42. The van der Waals surface area contributed by atoms with Crippen molar-refractivity contribution < 1.29 is 14.3 Å². The Kier molecular flexibility index (Phi) is 4.86. The van der Waals surface area contributed by atoms with E-state index in [1.54, 1.807) is 0 Å². The Morgan fingerprint density at radius 3 is 2.87 bits per heavy atom. The summed E-state index contributed by atoms with van der Waals surface area (Å²) in [7, 11) is 0. The summed E-state index contributed by atoms with van der Waals surface area (Å²) in [5, 5.41) is 13.0. The van der Waals surface area contributed by atoms with Gasteiger partial charge in [0.2, 0.25) is 0 Å². The van der Waals surface area contributed by atoms with E-state index in [1.165, 1.54) is 0 Å². The molecule has 124 valence electrons. The molecule has 5 nitrogen and oxygen atoms in total. The van der Waals surface area contributed by atoms with Gasteiger partial charge in [-0.2, -0.15) is 0 Å². The molecule has 1 atom stereocenters. The van der Waals surface area contributed by atoms with Gasteiger partial charge in [-0.3, -0.25) is 0 Å². The van der Waals surface area contributed by atoms with Crippen LogP contribution in [0.2, 0.25) is 0 Å². The quantitative estimate of drug-likeness (QED) is 0.769. The van der Waals surface area contributed by atoms with Crippen LogP contribution in [0.5, 0.6) is 0 Å². The van der Waals surface area contributed by atoms with Gasteiger partial charge in [-0.15, -0.1) is 0 Å². The van der Waals surface area contributed by atoms with Crippen molar-refractivity contribution in [2.45, 2.75) is 44.7 Å². The van der Waals surface area contributed by atoms with Crippen LogP contribution in [0.1, 0.15) is 44.4 Å². The van der Waals surface area contributed by atoms with Crippen molar-refractivity contribution in [3.8, 4) is 0 Å². The summed E-state index contributed by atoms with van der Waals surface area (Å²) < 4.78 is 5.82. The van der Waals surface area contributed by atoms with Crippen molar-refractivity contribution in [2.75, 3.05) is 13.2 Å². The minimum absolute atomic E-state index is 0.0432. The van der Waals surface area contributed by atoms with Crippen molar-refractivity contribution in [1.29, 1.82) is 0 Å². The van der Waals surface area contributed by atoms with Crippen LogP contribution in [0.15, 0.2) is 34.7 Å². The van der Waals surface area contributed by atoms with Crippen LogP contribution in [-0.4, -0.2) is 35.2 Å². The lowest BCUT2D eigenvalue weighted by Gasteiger charge is -2.24. The number of fused-ring (bicyclic) bond motifs is 1. The van der Waals surface area contributed by atoms with Gasteiger partial charge in [0.1, 0.15) is 11.3 Å². The first-order valence-corrected chi connectivity index (χ1v) is 8.35. The number of hydrogen-bond acceptors (Lipinski definition) is 3. The number of benzene rings is 1. The largest absolute Gasteiger partial charge is 0.459 e. The van der Waals surface area contributed by atoms with Crippen LogP contribution in [-0.2, 0) is 0 Å². The average molecular weight is 316 g/mol. The van der Waals surface area contributed by atoms with Crippen LogP contribution in [0.3, 0.4) is 0 Å². The van der Waals surface area contributed by atoms with Crippen molar-refractivity contribution in [3.05, 3.63) is 36.1 Å². The number of aliphatic hydroxyl groups is 1. The lowest BCUT2D eigenvalue weighted by molar-refractivity contribution is 0.186. The van der Waals surface area contributed by atoms with E-state index in [0.29, 0.717) is 12.6 Å². The van der Waals surface area contributed by atoms with Crippen LogP contribution in [0.4, 0.5) is 4.79 Å². The van der Waals surface area contributed by atoms with Gasteiger partial charge in [0, 0.05) is 24.6 Å². The van der Waals surface area contributed by atoms with Crippen LogP contribution >= 0.6 is 0 Å². The summed E-state index contributed by atoms with van der Waals surface area (Å²) in [4.78, 5) is 14.4. The molecule has 1 aliphatic carbocycles. The van der Waals surface area contributed by atoms with Gasteiger partial charge in [-0.1, -0.05) is 18.2 Å². The van der Waals surface area contributed by atoms with E-state index in [4.69, 9.17) is 9.52 Å². The smallest absolute Gasteiger partial charge is 0.318 e. The number of nitrogens with one attached hydrogen (secondary N) is 1. The fraction of sp³-hybridized carbons (Fsp3) is 0.500. The molecule has 0 spiro atoms. The number of furan rings is 1. The van der Waals surface area contributed by atoms with Crippen molar-refractivity contribution in [1.82, 2.24) is 10.2 Å². The molecule has 2 amide bonds. The number of rotatable bonds is 7. The van der Waals surface area contributed by atoms with E-state index in [1.807, 2.05) is 42.2 Å². The number of aliphatic hydroxyl groups excluding tert-OH is 1. The first-order valence-electron chi connectivity index (χ1n) is 8.35. The minimum Gasteiger partial charge on any atom is -0.459 e. The van der Waals surface area contributed by atoms with Crippen LogP contribution < -0.4 is 5.32 Å². The van der Waals surface area contributed by atoms with E-state index < -0.39 is 0 Å². The number of hydrogen-bond donors (Lipinski definition) is 2. The second-order valence-electron chi connectivity index (χ2n) is 6.21. The number of carbonyl (C=O) groups is 1. The Morgan fingerprint density at radius 2 is 2.17 bits per heavy atom. The SMILES string of the molecule is CC(NC(=O)N(CCCCO)C1CC1)c1cc2ccccc2o1. The molecule has 0 bridgehead atoms. The van der Waals surface area contributed by atoms with E-state index >= 15 is 0 Å². The molecule has 1 saturated carbocycles. The number of carbonyl (C=O) groups excluding carboxylic acids is 1. The number of amides is 2. The number of urea groups is 1. The minimum atomic E-state index is -0.172. The third-order valence-electron chi connectivity index (χ3n) is 4.27. The second-order valence-corrected chi connectivity index (χ2v) is 6.21. The second kappa shape index (κ2) is 7.04. The average Bonchev–Trinajstić information content (AvgIpc) is 3.28. The van der Waals surface area contributed by atoms with Crippen molar-refractivity contribution in [2.24, 2.45) is 0 Å². The molecule has 2 aromatic rings. The first kappa shape index (κ1) is 15.9. The molecule has 23 heavy (non-hydrogen) atoms. The first-order chi connectivity index (χ1) is 11.2. The lowest BCUT2D eigenvalue weighted by atomic mass is 10.2. The predicted molar refractivity (Wildman–Crippen MR) is 89.2 cm³/mol. The highest BCUT2D eigenvalue weighted by Crippen LogP contribution is 2.28. The summed E-state index contributed by atoms with van der Waals surface area (Å²) in [6, 6.07) is 9.97. The Balaban J connectivity index is 1.63. The van der Waals surface area contributed by atoms with Gasteiger partial charge in [0.05, 0.1) is 6.04 Å². The summed E-state index contributed by atoms with van der Waals surface area (Å²) in [6.07, 6.45) is 3.71. The van der Waals surface area contributed by atoms with Gasteiger partial charge in [0.15, 0.2) is 0 Å². The fourth-order valence-electron chi connectivity index (χ4n) is 2.79. The molecule has 1 aromatic carbocycles. The topological polar surface area (TPSA) is 65.7 Å². The van der Waals surface area contributed by atoms with E-state index in [9.17, 15) is 4.79 Å². The Bertz CT molecular complexity index is 630. The van der Waals surface area contributed by atoms with Gasteiger partial charge in [-0.25, -0.2) is 4.79 Å². The molecule has 0 aliphatic heterocycles. The van der Waals surface area contributed by atoms with Gasteiger partial charge in [-0.05, 0) is 44.7 Å². The van der Waals surface area contributed by atoms with Crippen molar-refractivity contribution >= 4 is 17.0 Å². The zero-order valence-corrected chi connectivity index (χ0v) is 13.5. The Hall–Kier alpha value is -2.01. The standard InChI is InChI=1S/C18H24N2O3/c1-13(17-12-14-6-2-3-7-16(14)23-17)19-18(22)20(15-8-9-15)10-4-5-11-21/h2-3,6-7,12-13,15,21H,4-5,8-11H2,1H3,(H,19,22). The highest BCUT2D eigenvalue weighted by molar-refractivity contribution is 5.78. The number of nitrogens with zero attached hydrogens (tertiary/aromatic N) is 1. The molecule has 1 heterocycles. The molecule has 0 radical (unpaired) electrons. The van der Waals surface area contributed by atoms with E-state index in [-0.39, 0.29) is 18.7 Å². The van der Waals surface area contributed by atoms with Gasteiger partial charge >= 0.3 is 6.03 Å². The molecule has 1 unspecified atom stereocenters. The maximum absolute atomic E-state index is 12.5. The highest BCUT2D eigenvalue weighted by atomic mass is 16.3. The molecule has 1 aromatic heterocycles. The number of unbranched alkanes of at least 4 members (excludes halogenated alkanes) is 1. The van der Waals surface area contributed by atoms with Gasteiger partial charge < -0.3 is 19.7 Å². The normalized spacial score (nSPS) is 15.6. The summed E-state index contributed by atoms with van der Waals surface area (Å²) in [6.45, 7) is 2.81. The predicted octanol–water partition coefficient (Wildman–Crippen LogP) is 3.44. The third-order valence-corrected chi connectivity index (χ3v) is 4.27. The van der Waals surface area contributed by atoms with Crippen LogP contribution in [0.25, 0.3) is 11.0 Å². The fourth-order valence-corrected chi connectivity index (χ4v) is 2.79. The molecule has 0 saturated heterocycles. The molecule has 2 N–H and O–H groups in total. The van der Waals surface area contributed by atoms with Crippen LogP contribution in [0, 0.1) is 0 Å². The molecule has 1 aliphatic rings.